The molecule has 1 aromatic heterocycles. The number of hydrogen-bond donors (Lipinski definition) is 1. The Morgan fingerprint density at radius 3 is 2.53 bits per heavy atom. The molecule has 2 aromatic carbocycles. The van der Waals surface area contributed by atoms with Gasteiger partial charge in [0.25, 0.3) is 0 Å². The van der Waals surface area contributed by atoms with Gasteiger partial charge in [0.15, 0.2) is 0 Å². The summed E-state index contributed by atoms with van der Waals surface area (Å²) in [5, 5.41) is 1.19. The van der Waals surface area contributed by atoms with Crippen LogP contribution in [0, 0.1) is 0 Å². The van der Waals surface area contributed by atoms with E-state index in [1.807, 2.05) is 24.3 Å². The van der Waals surface area contributed by atoms with Gasteiger partial charge in [-0.2, -0.15) is 0 Å². The van der Waals surface area contributed by atoms with Gasteiger partial charge in [-0.1, -0.05) is 35.3 Å². The van der Waals surface area contributed by atoms with E-state index < -0.39 is 0 Å². The number of nitrogen functional groups attached to an aromatic ring is 1. The lowest BCUT2D eigenvalue weighted by molar-refractivity contribution is 1.10. The van der Waals surface area contributed by atoms with Gasteiger partial charge >= 0.3 is 0 Å². The number of fused-ring (bicyclic) bond motifs is 1. The Balaban J connectivity index is 2.43. The van der Waals surface area contributed by atoms with Crippen molar-refractivity contribution in [2.45, 2.75) is 0 Å². The van der Waals surface area contributed by atoms with Crippen molar-refractivity contribution in [3.63, 3.8) is 0 Å². The van der Waals surface area contributed by atoms with Gasteiger partial charge < -0.3 is 5.73 Å². The van der Waals surface area contributed by atoms with Crippen molar-refractivity contribution in [3.05, 3.63) is 50.9 Å². The van der Waals surface area contributed by atoms with E-state index >= 15 is 0 Å². The average molecular weight is 357 g/mol. The first-order chi connectivity index (χ1) is 9.09. The lowest BCUT2D eigenvalue weighted by atomic mass is 10.3. The first-order valence-corrected chi connectivity index (χ1v) is 7.01. The van der Waals surface area contributed by atoms with Crippen molar-refractivity contribution in [1.29, 1.82) is 0 Å². The molecular formula is C13H8BrCl2N3. The molecule has 3 nitrogen and oxygen atoms in total. The van der Waals surface area contributed by atoms with Crippen LogP contribution in [0.1, 0.15) is 0 Å². The van der Waals surface area contributed by atoms with Gasteiger partial charge in [0, 0.05) is 0 Å². The van der Waals surface area contributed by atoms with E-state index in [4.69, 9.17) is 28.9 Å². The van der Waals surface area contributed by atoms with E-state index in [2.05, 4.69) is 20.9 Å². The molecule has 0 spiro atoms. The summed E-state index contributed by atoms with van der Waals surface area (Å²) in [5.41, 5.74) is 8.32. The van der Waals surface area contributed by atoms with E-state index in [0.717, 1.165) is 21.2 Å². The molecule has 0 saturated heterocycles. The van der Waals surface area contributed by atoms with Crippen LogP contribution in [0.3, 0.4) is 0 Å². The molecule has 3 aromatic rings. The van der Waals surface area contributed by atoms with E-state index in [9.17, 15) is 0 Å². The molecule has 2 N–H and O–H groups in total. The maximum atomic E-state index is 6.25. The summed E-state index contributed by atoms with van der Waals surface area (Å²) >= 11 is 15.8. The van der Waals surface area contributed by atoms with Crippen LogP contribution in [0.15, 0.2) is 40.9 Å². The van der Waals surface area contributed by atoms with Crippen molar-refractivity contribution in [1.82, 2.24) is 9.55 Å². The summed E-state index contributed by atoms with van der Waals surface area (Å²) in [7, 11) is 0. The van der Waals surface area contributed by atoms with Gasteiger partial charge in [-0.25, -0.2) is 4.98 Å². The molecule has 1 heterocycles. The summed E-state index contributed by atoms with van der Waals surface area (Å²) in [6.45, 7) is 0. The van der Waals surface area contributed by atoms with Gasteiger partial charge in [0.2, 0.25) is 5.95 Å². The summed E-state index contributed by atoms with van der Waals surface area (Å²) in [4.78, 5) is 4.31. The molecule has 3 rings (SSSR count). The predicted molar refractivity (Wildman–Crippen MR) is 83.2 cm³/mol. The van der Waals surface area contributed by atoms with Crippen LogP contribution in [-0.4, -0.2) is 9.55 Å². The SMILES string of the molecule is Nc1nc2cccc(Cl)c2n1-c1cccc(Cl)c1Br. The molecule has 0 aliphatic carbocycles. The Labute approximate surface area is 128 Å². The van der Waals surface area contributed by atoms with Gasteiger partial charge in [-0.3, -0.25) is 4.57 Å². The highest BCUT2D eigenvalue weighted by Gasteiger charge is 2.15. The second-order valence-corrected chi connectivity index (χ2v) is 5.59. The van der Waals surface area contributed by atoms with Crippen LogP contribution >= 0.6 is 39.1 Å². The minimum absolute atomic E-state index is 0.367. The van der Waals surface area contributed by atoms with Crippen LogP contribution < -0.4 is 5.73 Å². The standard InChI is InChI=1S/C13H8BrCl2N3/c14-11-7(15)3-2-6-10(11)19-12-8(16)4-1-5-9(12)18-13(19)17/h1-6H,(H2,17,18). The third-order valence-electron chi connectivity index (χ3n) is 2.83. The highest BCUT2D eigenvalue weighted by molar-refractivity contribution is 9.10. The number of nitrogens with two attached hydrogens (primary N) is 1. The van der Waals surface area contributed by atoms with Crippen molar-refractivity contribution < 1.29 is 0 Å². The summed E-state index contributed by atoms with van der Waals surface area (Å²) in [6.07, 6.45) is 0. The molecule has 0 aliphatic heterocycles. The largest absolute Gasteiger partial charge is 0.369 e. The zero-order valence-corrected chi connectivity index (χ0v) is 12.7. The molecule has 0 saturated carbocycles. The fraction of sp³-hybridized carbons (Fsp3) is 0. The highest BCUT2D eigenvalue weighted by Crippen LogP contribution is 2.35. The topological polar surface area (TPSA) is 43.8 Å². The van der Waals surface area contributed by atoms with Gasteiger partial charge in [-0.05, 0) is 40.2 Å². The first-order valence-electron chi connectivity index (χ1n) is 5.46. The molecule has 0 radical (unpaired) electrons. The summed E-state index contributed by atoms with van der Waals surface area (Å²) in [6, 6.07) is 11.1. The fourth-order valence-corrected chi connectivity index (χ4v) is 2.88. The molecule has 96 valence electrons. The molecule has 0 fully saturated rings. The van der Waals surface area contributed by atoms with Crippen LogP contribution in [0.5, 0.6) is 0 Å². The van der Waals surface area contributed by atoms with Crippen LogP contribution in [-0.2, 0) is 0 Å². The van der Waals surface area contributed by atoms with Crippen molar-refractivity contribution >= 4 is 56.1 Å². The first kappa shape index (κ1) is 12.8. The van der Waals surface area contributed by atoms with E-state index in [0.29, 0.717) is 16.0 Å². The maximum absolute atomic E-state index is 6.25. The molecular weight excluding hydrogens is 349 g/mol. The average Bonchev–Trinajstić information content (AvgIpc) is 2.71. The van der Waals surface area contributed by atoms with Gasteiger partial charge in [-0.15, -0.1) is 0 Å². The Kier molecular flexibility index (Phi) is 3.17. The lowest BCUT2D eigenvalue weighted by Gasteiger charge is -2.10. The predicted octanol–water partition coefficient (Wildman–Crippen LogP) is 4.68. The number of halogens is 3. The molecule has 0 bridgehead atoms. The van der Waals surface area contributed by atoms with Gasteiger partial charge in [0.1, 0.15) is 0 Å². The van der Waals surface area contributed by atoms with E-state index in [1.54, 1.807) is 16.7 Å². The highest BCUT2D eigenvalue weighted by atomic mass is 79.9. The quantitative estimate of drug-likeness (QED) is 0.688. The van der Waals surface area contributed by atoms with Crippen molar-refractivity contribution in [3.8, 4) is 5.69 Å². The molecule has 19 heavy (non-hydrogen) atoms. The number of rotatable bonds is 1. The number of aromatic nitrogens is 2. The van der Waals surface area contributed by atoms with Crippen molar-refractivity contribution in [2.24, 2.45) is 0 Å². The number of para-hydroxylation sites is 1. The van der Waals surface area contributed by atoms with Gasteiger partial charge in [0.05, 0.1) is 31.2 Å². The molecule has 0 aliphatic rings. The fourth-order valence-electron chi connectivity index (χ4n) is 2.01. The minimum Gasteiger partial charge on any atom is -0.369 e. The zero-order valence-electron chi connectivity index (χ0n) is 9.57. The molecule has 0 atom stereocenters. The molecule has 0 unspecified atom stereocenters. The Morgan fingerprint density at radius 1 is 1.05 bits per heavy atom. The second-order valence-electron chi connectivity index (χ2n) is 3.99. The second kappa shape index (κ2) is 4.71. The zero-order chi connectivity index (χ0) is 13.6. The minimum atomic E-state index is 0.367. The van der Waals surface area contributed by atoms with Crippen LogP contribution in [0.4, 0.5) is 5.95 Å². The van der Waals surface area contributed by atoms with Crippen LogP contribution in [0.25, 0.3) is 16.7 Å². The lowest BCUT2D eigenvalue weighted by Crippen LogP contribution is -2.01. The Bertz CT molecular complexity index is 783. The van der Waals surface area contributed by atoms with Crippen molar-refractivity contribution in [2.75, 3.05) is 5.73 Å². The molecule has 0 amide bonds. The number of benzene rings is 2. The maximum Gasteiger partial charge on any atom is 0.206 e. The third-order valence-corrected chi connectivity index (χ3v) is 4.51. The Morgan fingerprint density at radius 2 is 1.74 bits per heavy atom. The number of imidazole rings is 1. The monoisotopic (exact) mass is 355 g/mol. The summed E-state index contributed by atoms with van der Waals surface area (Å²) in [5.74, 6) is 0.367. The summed E-state index contributed by atoms with van der Waals surface area (Å²) < 4.78 is 2.54. The number of hydrogen-bond acceptors (Lipinski definition) is 2. The van der Waals surface area contributed by atoms with E-state index in [-0.39, 0.29) is 0 Å². The smallest absolute Gasteiger partial charge is 0.206 e. The van der Waals surface area contributed by atoms with Crippen LogP contribution in [0.2, 0.25) is 10.0 Å². The normalized spacial score (nSPS) is 11.1. The number of anilines is 1. The van der Waals surface area contributed by atoms with E-state index in [1.165, 1.54) is 0 Å². The Hall–Kier alpha value is -1.23. The third kappa shape index (κ3) is 2.00. The number of nitrogens with zero attached hydrogens (tertiary/aromatic N) is 2. The molecule has 6 heteroatoms.